The fourth-order valence-electron chi connectivity index (χ4n) is 4.81. The normalized spacial score (nSPS) is 43.2. The Kier molecular flexibility index (Phi) is 2.51. The predicted octanol–water partition coefficient (Wildman–Crippen LogP) is 3.06. The van der Waals surface area contributed by atoms with Crippen LogP contribution in [0.3, 0.4) is 0 Å². The quantitative estimate of drug-likeness (QED) is 0.889. The molecule has 1 aromatic heterocycles. The summed E-state index contributed by atoms with van der Waals surface area (Å²) in [4.78, 5) is 4.37. The van der Waals surface area contributed by atoms with E-state index in [2.05, 4.69) is 15.7 Å². The lowest BCUT2D eigenvalue weighted by Gasteiger charge is -2.54. The van der Waals surface area contributed by atoms with Crippen LogP contribution in [0.2, 0.25) is 0 Å². The van der Waals surface area contributed by atoms with Crippen LogP contribution >= 0.6 is 11.3 Å². The van der Waals surface area contributed by atoms with E-state index >= 15 is 0 Å². The van der Waals surface area contributed by atoms with Gasteiger partial charge in [0.1, 0.15) is 0 Å². The summed E-state index contributed by atoms with van der Waals surface area (Å²) in [5, 5.41) is 5.98. The number of nitrogens with one attached hydrogen (secondary N) is 1. The van der Waals surface area contributed by atoms with Crippen LogP contribution in [0, 0.1) is 23.7 Å². The number of hydrogen-bond donors (Lipinski definition) is 1. The summed E-state index contributed by atoms with van der Waals surface area (Å²) >= 11 is 1.70. The highest BCUT2D eigenvalue weighted by atomic mass is 32.1. The molecule has 0 aliphatic heterocycles. The van der Waals surface area contributed by atoms with Crippen molar-refractivity contribution >= 4 is 11.3 Å². The van der Waals surface area contributed by atoms with Gasteiger partial charge in [-0.1, -0.05) is 0 Å². The van der Waals surface area contributed by atoms with Crippen LogP contribution < -0.4 is 5.32 Å². The largest absolute Gasteiger partial charge is 0.308 e. The van der Waals surface area contributed by atoms with Gasteiger partial charge < -0.3 is 5.32 Å². The van der Waals surface area contributed by atoms with Gasteiger partial charge in [0.05, 0.1) is 11.2 Å². The number of nitrogens with zero attached hydrogens (tertiary/aromatic N) is 1. The first kappa shape index (κ1) is 10.5. The molecule has 17 heavy (non-hydrogen) atoms. The van der Waals surface area contributed by atoms with E-state index in [4.69, 9.17) is 0 Å². The van der Waals surface area contributed by atoms with E-state index in [9.17, 15) is 0 Å². The molecule has 5 rings (SSSR count). The highest BCUT2D eigenvalue weighted by Crippen LogP contribution is 2.53. The van der Waals surface area contributed by atoms with Gasteiger partial charge in [-0.25, -0.2) is 4.98 Å². The van der Waals surface area contributed by atoms with E-state index < -0.39 is 0 Å². The first-order chi connectivity index (χ1) is 8.38. The molecule has 0 amide bonds. The summed E-state index contributed by atoms with van der Waals surface area (Å²) in [7, 11) is 0. The van der Waals surface area contributed by atoms with E-state index in [1.54, 1.807) is 17.8 Å². The average molecular weight is 248 g/mol. The Morgan fingerprint density at radius 1 is 1.12 bits per heavy atom. The van der Waals surface area contributed by atoms with Crippen molar-refractivity contribution in [2.24, 2.45) is 23.7 Å². The molecular weight excluding hydrogens is 228 g/mol. The monoisotopic (exact) mass is 248 g/mol. The van der Waals surface area contributed by atoms with Gasteiger partial charge in [-0.3, -0.25) is 0 Å². The van der Waals surface area contributed by atoms with Gasteiger partial charge in [0.25, 0.3) is 0 Å². The first-order valence-electron chi connectivity index (χ1n) is 6.99. The molecule has 1 heterocycles. The topological polar surface area (TPSA) is 24.9 Å². The molecular formula is C14H20N2S. The van der Waals surface area contributed by atoms with Crippen molar-refractivity contribution in [2.75, 3.05) is 0 Å². The van der Waals surface area contributed by atoms with Crippen molar-refractivity contribution in [2.45, 2.75) is 44.7 Å². The van der Waals surface area contributed by atoms with Crippen molar-refractivity contribution < 1.29 is 0 Å². The fourth-order valence-corrected chi connectivity index (χ4v) is 5.36. The second kappa shape index (κ2) is 4.06. The van der Waals surface area contributed by atoms with Crippen LogP contribution in [-0.4, -0.2) is 11.0 Å². The zero-order chi connectivity index (χ0) is 11.2. The van der Waals surface area contributed by atoms with Crippen molar-refractivity contribution in [3.8, 4) is 0 Å². The second-order valence-electron chi connectivity index (χ2n) is 6.32. The minimum atomic E-state index is 0.796. The third-order valence-electron chi connectivity index (χ3n) is 5.23. The fraction of sp³-hybridized carbons (Fsp3) is 0.786. The Hall–Kier alpha value is -0.410. The van der Waals surface area contributed by atoms with Crippen molar-refractivity contribution in [3.63, 3.8) is 0 Å². The molecule has 4 aliphatic rings. The molecule has 0 atom stereocenters. The zero-order valence-corrected chi connectivity index (χ0v) is 11.0. The Balaban J connectivity index is 1.44. The molecule has 92 valence electrons. The summed E-state index contributed by atoms with van der Waals surface area (Å²) in [6, 6.07) is 0.796. The van der Waals surface area contributed by atoms with Crippen LogP contribution in [0.4, 0.5) is 0 Å². The second-order valence-corrected chi connectivity index (χ2v) is 7.04. The van der Waals surface area contributed by atoms with E-state index in [1.165, 1.54) is 31.4 Å². The molecule has 4 saturated carbocycles. The van der Waals surface area contributed by atoms with E-state index in [0.29, 0.717) is 0 Å². The molecule has 0 saturated heterocycles. The highest BCUT2D eigenvalue weighted by molar-refractivity contribution is 7.07. The van der Waals surface area contributed by atoms with Crippen molar-refractivity contribution in [1.29, 1.82) is 0 Å². The molecule has 0 spiro atoms. The summed E-state index contributed by atoms with van der Waals surface area (Å²) in [6.45, 7) is 0.983. The maximum atomic E-state index is 4.37. The predicted molar refractivity (Wildman–Crippen MR) is 69.8 cm³/mol. The minimum Gasteiger partial charge on any atom is -0.308 e. The average Bonchev–Trinajstić information content (AvgIpc) is 2.80. The van der Waals surface area contributed by atoms with Gasteiger partial charge in [0, 0.05) is 18.0 Å². The Labute approximate surface area is 107 Å². The van der Waals surface area contributed by atoms with E-state index in [0.717, 1.165) is 36.3 Å². The SMILES string of the molecule is c1nc(CNC2C3CC4CC(C3)CC2C4)cs1. The van der Waals surface area contributed by atoms with Gasteiger partial charge in [-0.2, -0.15) is 0 Å². The Morgan fingerprint density at radius 3 is 2.41 bits per heavy atom. The summed E-state index contributed by atoms with van der Waals surface area (Å²) in [6.07, 6.45) is 7.55. The summed E-state index contributed by atoms with van der Waals surface area (Å²) < 4.78 is 0. The smallest absolute Gasteiger partial charge is 0.0795 e. The van der Waals surface area contributed by atoms with E-state index in [-0.39, 0.29) is 0 Å². The standard InChI is InChI=1S/C14H20N2S/c1-9-2-11-4-10(1)5-12(3-9)14(11)15-6-13-7-17-8-16-13/h7-12,14-15H,1-6H2. The molecule has 4 fully saturated rings. The number of aromatic nitrogens is 1. The van der Waals surface area contributed by atoms with Gasteiger partial charge in [0.15, 0.2) is 0 Å². The molecule has 4 bridgehead atoms. The lowest BCUT2D eigenvalue weighted by atomic mass is 9.54. The zero-order valence-electron chi connectivity index (χ0n) is 10.1. The molecule has 3 heteroatoms. The van der Waals surface area contributed by atoms with Crippen LogP contribution in [0.1, 0.15) is 37.8 Å². The van der Waals surface area contributed by atoms with Crippen molar-refractivity contribution in [1.82, 2.24) is 10.3 Å². The van der Waals surface area contributed by atoms with E-state index in [1.807, 2.05) is 5.51 Å². The molecule has 0 unspecified atom stereocenters. The van der Waals surface area contributed by atoms with Gasteiger partial charge in [-0.05, 0) is 55.8 Å². The summed E-state index contributed by atoms with van der Waals surface area (Å²) in [5.41, 5.74) is 3.16. The third-order valence-corrected chi connectivity index (χ3v) is 5.86. The van der Waals surface area contributed by atoms with Gasteiger partial charge in [0.2, 0.25) is 0 Å². The maximum Gasteiger partial charge on any atom is 0.0795 e. The van der Waals surface area contributed by atoms with Crippen LogP contribution in [-0.2, 0) is 6.54 Å². The molecule has 1 aromatic rings. The number of rotatable bonds is 3. The summed E-state index contributed by atoms with van der Waals surface area (Å²) in [5.74, 6) is 4.11. The van der Waals surface area contributed by atoms with Crippen LogP contribution in [0.5, 0.6) is 0 Å². The van der Waals surface area contributed by atoms with Gasteiger partial charge in [-0.15, -0.1) is 11.3 Å². The Morgan fingerprint density at radius 2 is 1.82 bits per heavy atom. The van der Waals surface area contributed by atoms with Crippen LogP contribution in [0.15, 0.2) is 10.9 Å². The lowest BCUT2D eigenvalue weighted by molar-refractivity contribution is -0.0143. The van der Waals surface area contributed by atoms with Gasteiger partial charge >= 0.3 is 0 Å². The Bertz CT molecular complexity index is 359. The minimum absolute atomic E-state index is 0.796. The maximum absolute atomic E-state index is 4.37. The molecule has 0 aromatic carbocycles. The lowest BCUT2D eigenvalue weighted by Crippen LogP contribution is -2.54. The van der Waals surface area contributed by atoms with Crippen molar-refractivity contribution in [3.05, 3.63) is 16.6 Å². The molecule has 0 radical (unpaired) electrons. The highest BCUT2D eigenvalue weighted by Gasteiger charge is 2.47. The molecule has 4 aliphatic carbocycles. The number of hydrogen-bond acceptors (Lipinski definition) is 3. The third kappa shape index (κ3) is 1.84. The number of thiazole rings is 1. The molecule has 2 nitrogen and oxygen atoms in total. The van der Waals surface area contributed by atoms with Crippen LogP contribution in [0.25, 0.3) is 0 Å². The molecule has 1 N–H and O–H groups in total. The first-order valence-corrected chi connectivity index (χ1v) is 7.93.